The van der Waals surface area contributed by atoms with Gasteiger partial charge in [-0.25, -0.2) is 13.1 Å². The fourth-order valence-corrected chi connectivity index (χ4v) is 5.02. The summed E-state index contributed by atoms with van der Waals surface area (Å²) < 4.78 is 38.7. The van der Waals surface area contributed by atoms with Crippen molar-refractivity contribution in [1.29, 1.82) is 0 Å². The summed E-state index contributed by atoms with van der Waals surface area (Å²) in [7, 11) is -3.63. The first-order valence-electron chi connectivity index (χ1n) is 12.4. The molecule has 1 aliphatic rings. The van der Waals surface area contributed by atoms with E-state index in [2.05, 4.69) is 22.3 Å². The van der Waals surface area contributed by atoms with E-state index in [9.17, 15) is 13.2 Å². The summed E-state index contributed by atoms with van der Waals surface area (Å²) in [6.07, 6.45) is 7.59. The van der Waals surface area contributed by atoms with E-state index >= 15 is 0 Å². The van der Waals surface area contributed by atoms with Crippen LogP contribution in [-0.4, -0.2) is 45.3 Å². The van der Waals surface area contributed by atoms with E-state index in [4.69, 9.17) is 21.7 Å². The van der Waals surface area contributed by atoms with Gasteiger partial charge in [0.1, 0.15) is 5.75 Å². The highest BCUT2D eigenvalue weighted by Crippen LogP contribution is 2.17. The molecule has 0 radical (unpaired) electrons. The van der Waals surface area contributed by atoms with Crippen molar-refractivity contribution >= 4 is 38.9 Å². The van der Waals surface area contributed by atoms with Crippen LogP contribution < -0.4 is 20.1 Å². The smallest absolute Gasteiger partial charge is 0.257 e. The first kappa shape index (κ1) is 28.0. The van der Waals surface area contributed by atoms with Gasteiger partial charge in [0.05, 0.1) is 17.6 Å². The molecule has 0 bridgehead atoms. The zero-order valence-electron chi connectivity index (χ0n) is 20.6. The topological polar surface area (TPSA) is 106 Å². The van der Waals surface area contributed by atoms with Crippen molar-refractivity contribution in [3.8, 4) is 5.75 Å². The molecule has 0 spiro atoms. The molecule has 0 aliphatic carbocycles. The summed E-state index contributed by atoms with van der Waals surface area (Å²) in [5, 5.41) is 5.64. The van der Waals surface area contributed by atoms with E-state index in [0.29, 0.717) is 24.5 Å². The van der Waals surface area contributed by atoms with E-state index < -0.39 is 10.0 Å². The molecule has 1 fully saturated rings. The van der Waals surface area contributed by atoms with Crippen LogP contribution in [0.25, 0.3) is 0 Å². The van der Waals surface area contributed by atoms with E-state index in [1.165, 1.54) is 31.4 Å². The van der Waals surface area contributed by atoms with Gasteiger partial charge in [0, 0.05) is 24.4 Å². The van der Waals surface area contributed by atoms with Crippen LogP contribution in [0, 0.1) is 0 Å². The molecule has 196 valence electrons. The van der Waals surface area contributed by atoms with Gasteiger partial charge < -0.3 is 14.8 Å². The number of ether oxygens (including phenoxy) is 2. The average Bonchev–Trinajstić information content (AvgIpc) is 3.39. The maximum Gasteiger partial charge on any atom is 0.257 e. The van der Waals surface area contributed by atoms with Crippen LogP contribution in [0.2, 0.25) is 0 Å². The Kier molecular flexibility index (Phi) is 11.1. The van der Waals surface area contributed by atoms with Crippen molar-refractivity contribution in [1.82, 2.24) is 10.0 Å². The van der Waals surface area contributed by atoms with Gasteiger partial charge in [-0.15, -0.1) is 0 Å². The SMILES string of the molecule is CCCCCCCOc1ccc(C(=O)NC(=S)Nc2ccc(S(=O)(=O)NCC3CCCO3)cc2)cc1. The Morgan fingerprint density at radius 3 is 2.44 bits per heavy atom. The lowest BCUT2D eigenvalue weighted by molar-refractivity contribution is 0.0977. The molecule has 8 nitrogen and oxygen atoms in total. The van der Waals surface area contributed by atoms with Crippen molar-refractivity contribution in [2.75, 3.05) is 25.1 Å². The van der Waals surface area contributed by atoms with Crippen LogP contribution in [-0.2, 0) is 14.8 Å². The molecular weight excluding hydrogens is 498 g/mol. The number of unbranched alkanes of at least 4 members (excludes halogenated alkanes) is 4. The Morgan fingerprint density at radius 1 is 1.06 bits per heavy atom. The van der Waals surface area contributed by atoms with E-state index in [1.807, 2.05) is 0 Å². The first-order valence-corrected chi connectivity index (χ1v) is 14.3. The number of carbonyl (C=O) groups is 1. The molecule has 2 aromatic carbocycles. The van der Waals surface area contributed by atoms with Crippen molar-refractivity contribution < 1.29 is 22.7 Å². The number of sulfonamides is 1. The molecule has 1 aliphatic heterocycles. The number of benzene rings is 2. The highest BCUT2D eigenvalue weighted by Gasteiger charge is 2.20. The minimum Gasteiger partial charge on any atom is -0.494 e. The third kappa shape index (κ3) is 9.16. The Morgan fingerprint density at radius 2 is 1.78 bits per heavy atom. The summed E-state index contributed by atoms with van der Waals surface area (Å²) in [6, 6.07) is 13.1. The molecule has 1 unspecified atom stereocenters. The van der Waals surface area contributed by atoms with Gasteiger partial charge in [-0.3, -0.25) is 10.1 Å². The van der Waals surface area contributed by atoms with E-state index in [-0.39, 0.29) is 28.6 Å². The quantitative estimate of drug-likeness (QED) is 0.255. The summed E-state index contributed by atoms with van der Waals surface area (Å²) in [5.74, 6) is 0.374. The molecule has 0 aromatic heterocycles. The standard InChI is InChI=1S/C26H35N3O5S2/c1-2-3-4-5-6-17-33-22-13-9-20(10-14-22)25(30)29-26(35)28-21-11-15-24(16-12-21)36(31,32)27-19-23-8-7-18-34-23/h9-16,23,27H,2-8,17-19H2,1H3,(H2,28,29,30,35). The molecule has 0 saturated carbocycles. The van der Waals surface area contributed by atoms with Gasteiger partial charge in [0.15, 0.2) is 5.11 Å². The fraction of sp³-hybridized carbons (Fsp3) is 0.462. The highest BCUT2D eigenvalue weighted by atomic mass is 32.2. The fourth-order valence-electron chi connectivity index (χ4n) is 3.74. The number of rotatable bonds is 13. The largest absolute Gasteiger partial charge is 0.494 e. The molecular formula is C26H35N3O5S2. The van der Waals surface area contributed by atoms with Gasteiger partial charge in [0.25, 0.3) is 5.91 Å². The Labute approximate surface area is 219 Å². The highest BCUT2D eigenvalue weighted by molar-refractivity contribution is 7.89. The summed E-state index contributed by atoms with van der Waals surface area (Å²) in [6.45, 7) is 3.78. The third-order valence-electron chi connectivity index (χ3n) is 5.81. The average molecular weight is 534 g/mol. The maximum atomic E-state index is 12.5. The molecule has 1 amide bonds. The number of carbonyl (C=O) groups excluding carboxylic acids is 1. The summed E-state index contributed by atoms with van der Waals surface area (Å²) >= 11 is 5.24. The van der Waals surface area contributed by atoms with Crippen LogP contribution in [0.5, 0.6) is 5.75 Å². The van der Waals surface area contributed by atoms with Crippen LogP contribution in [0.4, 0.5) is 5.69 Å². The number of amides is 1. The number of anilines is 1. The van der Waals surface area contributed by atoms with Gasteiger partial charge in [0.2, 0.25) is 10.0 Å². The number of nitrogens with one attached hydrogen (secondary N) is 3. The number of thiocarbonyl (C=S) groups is 1. The monoisotopic (exact) mass is 533 g/mol. The van der Waals surface area contributed by atoms with Gasteiger partial charge in [-0.1, -0.05) is 32.6 Å². The predicted octanol–water partition coefficient (Wildman–Crippen LogP) is 4.62. The summed E-state index contributed by atoms with van der Waals surface area (Å²) in [5.41, 5.74) is 1.01. The van der Waals surface area contributed by atoms with E-state index in [0.717, 1.165) is 31.4 Å². The lowest BCUT2D eigenvalue weighted by Gasteiger charge is -2.13. The van der Waals surface area contributed by atoms with Crippen LogP contribution in [0.15, 0.2) is 53.4 Å². The summed E-state index contributed by atoms with van der Waals surface area (Å²) in [4.78, 5) is 12.6. The van der Waals surface area contributed by atoms with Crippen molar-refractivity contribution in [3.63, 3.8) is 0 Å². The molecule has 1 heterocycles. The molecule has 1 atom stereocenters. The second-order valence-corrected chi connectivity index (χ2v) is 10.9. The van der Waals surface area contributed by atoms with Crippen molar-refractivity contribution in [3.05, 3.63) is 54.1 Å². The van der Waals surface area contributed by atoms with Gasteiger partial charge >= 0.3 is 0 Å². The molecule has 36 heavy (non-hydrogen) atoms. The Balaban J connectivity index is 1.42. The first-order chi connectivity index (χ1) is 17.4. The van der Waals surface area contributed by atoms with Crippen LogP contribution in [0.3, 0.4) is 0 Å². The molecule has 2 aromatic rings. The van der Waals surface area contributed by atoms with Crippen LogP contribution >= 0.6 is 12.2 Å². The Hall–Kier alpha value is -2.53. The minimum atomic E-state index is -3.63. The maximum absolute atomic E-state index is 12.5. The third-order valence-corrected chi connectivity index (χ3v) is 7.45. The zero-order valence-corrected chi connectivity index (χ0v) is 22.3. The second kappa shape index (κ2) is 14.3. The number of hydrogen-bond donors (Lipinski definition) is 3. The predicted molar refractivity (Wildman–Crippen MR) is 145 cm³/mol. The lowest BCUT2D eigenvalue weighted by Crippen LogP contribution is -2.34. The zero-order chi connectivity index (χ0) is 25.8. The normalized spacial score (nSPS) is 15.4. The number of hydrogen-bond acceptors (Lipinski definition) is 6. The van der Waals surface area contributed by atoms with Gasteiger partial charge in [-0.2, -0.15) is 0 Å². The van der Waals surface area contributed by atoms with E-state index in [1.54, 1.807) is 36.4 Å². The molecule has 3 rings (SSSR count). The van der Waals surface area contributed by atoms with Crippen LogP contribution in [0.1, 0.15) is 62.2 Å². The van der Waals surface area contributed by atoms with Crippen molar-refractivity contribution in [2.45, 2.75) is 62.9 Å². The Bertz CT molecular complexity index is 1080. The molecule has 10 heteroatoms. The van der Waals surface area contributed by atoms with Gasteiger partial charge in [-0.05, 0) is 80.0 Å². The molecule has 3 N–H and O–H groups in total. The van der Waals surface area contributed by atoms with Crippen molar-refractivity contribution in [2.24, 2.45) is 0 Å². The molecule has 1 saturated heterocycles. The second-order valence-electron chi connectivity index (χ2n) is 8.71. The lowest BCUT2D eigenvalue weighted by atomic mass is 10.2. The minimum absolute atomic E-state index is 0.0780.